The third kappa shape index (κ3) is 3.90. The van der Waals surface area contributed by atoms with Crippen LogP contribution in [0.3, 0.4) is 0 Å². The molecule has 1 N–H and O–H groups in total. The average molecular weight is 327 g/mol. The summed E-state index contributed by atoms with van der Waals surface area (Å²) in [6, 6.07) is 9.70. The Balaban J connectivity index is 1.63. The Morgan fingerprint density at radius 2 is 2.00 bits per heavy atom. The van der Waals surface area contributed by atoms with Gasteiger partial charge in [0, 0.05) is 6.54 Å². The summed E-state index contributed by atoms with van der Waals surface area (Å²) in [5, 5.41) is 14.4. The highest BCUT2D eigenvalue weighted by Gasteiger charge is 2.16. The van der Waals surface area contributed by atoms with Gasteiger partial charge in [-0.2, -0.15) is 4.98 Å². The van der Waals surface area contributed by atoms with Crippen LogP contribution in [0.15, 0.2) is 51.8 Å². The van der Waals surface area contributed by atoms with E-state index in [0.29, 0.717) is 24.8 Å². The second kappa shape index (κ2) is 7.42. The summed E-state index contributed by atoms with van der Waals surface area (Å²) in [4.78, 5) is 6.45. The van der Waals surface area contributed by atoms with E-state index in [2.05, 4.69) is 15.0 Å². The molecular formula is C18H21N3O3. The second-order valence-corrected chi connectivity index (χ2v) is 5.78. The van der Waals surface area contributed by atoms with Crippen LogP contribution in [0.4, 0.5) is 0 Å². The van der Waals surface area contributed by atoms with Crippen molar-refractivity contribution in [3.8, 4) is 11.5 Å². The Morgan fingerprint density at radius 3 is 2.67 bits per heavy atom. The molecule has 6 heteroatoms. The van der Waals surface area contributed by atoms with Crippen molar-refractivity contribution < 1.29 is 14.0 Å². The highest BCUT2D eigenvalue weighted by Crippen LogP contribution is 2.19. The zero-order valence-corrected chi connectivity index (χ0v) is 13.8. The van der Waals surface area contributed by atoms with Crippen molar-refractivity contribution in [2.75, 3.05) is 13.1 Å². The first-order valence-corrected chi connectivity index (χ1v) is 7.98. The summed E-state index contributed by atoms with van der Waals surface area (Å²) in [6.07, 6.45) is 2.58. The number of likely N-dealkylation sites (N-methyl/N-ethyl adjacent to an activating group) is 1. The maximum atomic E-state index is 10.4. The first-order valence-electron chi connectivity index (χ1n) is 7.98. The van der Waals surface area contributed by atoms with Gasteiger partial charge in [0.05, 0.1) is 24.5 Å². The number of aromatic nitrogens is 2. The SMILES string of the molecule is CCN(Cc1noc(-c2ccoc2)n1)CC(O)c1ccc(C)cc1. The zero-order valence-electron chi connectivity index (χ0n) is 13.8. The Hall–Kier alpha value is -2.44. The van der Waals surface area contributed by atoms with E-state index in [1.807, 2.05) is 38.1 Å². The normalized spacial score (nSPS) is 12.7. The quantitative estimate of drug-likeness (QED) is 0.718. The number of aryl methyl sites for hydroxylation is 1. The lowest BCUT2D eigenvalue weighted by atomic mass is 10.1. The minimum absolute atomic E-state index is 0.439. The number of aliphatic hydroxyl groups is 1. The Bertz CT molecular complexity index is 750. The highest BCUT2D eigenvalue weighted by molar-refractivity contribution is 5.49. The van der Waals surface area contributed by atoms with E-state index in [0.717, 1.165) is 17.7 Å². The fraction of sp³-hybridized carbons (Fsp3) is 0.333. The van der Waals surface area contributed by atoms with E-state index in [1.54, 1.807) is 18.6 Å². The van der Waals surface area contributed by atoms with E-state index in [1.165, 1.54) is 5.56 Å². The van der Waals surface area contributed by atoms with Crippen molar-refractivity contribution >= 4 is 0 Å². The molecule has 0 amide bonds. The maximum Gasteiger partial charge on any atom is 0.261 e. The van der Waals surface area contributed by atoms with Crippen molar-refractivity contribution in [2.24, 2.45) is 0 Å². The third-order valence-corrected chi connectivity index (χ3v) is 3.94. The van der Waals surface area contributed by atoms with E-state index in [4.69, 9.17) is 8.94 Å². The van der Waals surface area contributed by atoms with Crippen molar-refractivity contribution in [3.05, 3.63) is 59.8 Å². The lowest BCUT2D eigenvalue weighted by Gasteiger charge is -2.22. The molecule has 0 saturated heterocycles. The number of furan rings is 1. The minimum atomic E-state index is -0.550. The largest absolute Gasteiger partial charge is 0.472 e. The highest BCUT2D eigenvalue weighted by atomic mass is 16.5. The minimum Gasteiger partial charge on any atom is -0.472 e. The molecule has 0 aliphatic carbocycles. The van der Waals surface area contributed by atoms with Crippen LogP contribution in [-0.2, 0) is 6.54 Å². The molecule has 0 fully saturated rings. The van der Waals surface area contributed by atoms with Gasteiger partial charge in [-0.15, -0.1) is 0 Å². The molecule has 0 spiro atoms. The van der Waals surface area contributed by atoms with Crippen LogP contribution in [-0.4, -0.2) is 33.2 Å². The number of hydrogen-bond donors (Lipinski definition) is 1. The Kier molecular flexibility index (Phi) is 5.08. The monoisotopic (exact) mass is 327 g/mol. The van der Waals surface area contributed by atoms with E-state index in [-0.39, 0.29) is 0 Å². The molecule has 0 aliphatic heterocycles. The molecule has 3 aromatic rings. The van der Waals surface area contributed by atoms with Gasteiger partial charge in [-0.25, -0.2) is 0 Å². The van der Waals surface area contributed by atoms with Crippen LogP contribution >= 0.6 is 0 Å². The average Bonchev–Trinajstić information content (AvgIpc) is 3.26. The van der Waals surface area contributed by atoms with Gasteiger partial charge in [0.1, 0.15) is 6.26 Å². The molecule has 2 aromatic heterocycles. The molecule has 6 nitrogen and oxygen atoms in total. The van der Waals surface area contributed by atoms with Crippen LogP contribution in [0.25, 0.3) is 11.5 Å². The summed E-state index contributed by atoms with van der Waals surface area (Å²) in [6.45, 7) is 5.87. The molecular weight excluding hydrogens is 306 g/mol. The summed E-state index contributed by atoms with van der Waals surface area (Å²) < 4.78 is 10.3. The molecule has 1 aromatic carbocycles. The third-order valence-electron chi connectivity index (χ3n) is 3.94. The molecule has 2 heterocycles. The van der Waals surface area contributed by atoms with Gasteiger partial charge in [-0.1, -0.05) is 41.9 Å². The standard InChI is InChI=1S/C18H21N3O3/c1-3-21(10-16(22)14-6-4-13(2)5-7-14)11-17-19-18(24-20-17)15-8-9-23-12-15/h4-9,12,16,22H,3,10-11H2,1-2H3. The van der Waals surface area contributed by atoms with Gasteiger partial charge in [0.15, 0.2) is 5.82 Å². The first kappa shape index (κ1) is 16.4. The second-order valence-electron chi connectivity index (χ2n) is 5.78. The first-order chi connectivity index (χ1) is 11.7. The van der Waals surface area contributed by atoms with Crippen LogP contribution < -0.4 is 0 Å². The van der Waals surface area contributed by atoms with Gasteiger partial charge in [0.2, 0.25) is 0 Å². The fourth-order valence-electron chi connectivity index (χ4n) is 2.47. The van der Waals surface area contributed by atoms with Crippen molar-refractivity contribution in [2.45, 2.75) is 26.5 Å². The smallest absolute Gasteiger partial charge is 0.261 e. The molecule has 126 valence electrons. The fourth-order valence-corrected chi connectivity index (χ4v) is 2.47. The molecule has 0 radical (unpaired) electrons. The van der Waals surface area contributed by atoms with Crippen LogP contribution in [0.1, 0.15) is 30.0 Å². The van der Waals surface area contributed by atoms with Gasteiger partial charge in [-0.05, 0) is 25.1 Å². The summed E-state index contributed by atoms with van der Waals surface area (Å²) in [5.74, 6) is 1.03. The number of rotatable bonds is 7. The van der Waals surface area contributed by atoms with E-state index in [9.17, 15) is 5.11 Å². The number of aliphatic hydroxyl groups excluding tert-OH is 1. The molecule has 0 aliphatic rings. The predicted octanol–water partition coefficient (Wildman–Crippen LogP) is 3.19. The van der Waals surface area contributed by atoms with Gasteiger partial charge in [-0.3, -0.25) is 4.90 Å². The number of benzene rings is 1. The van der Waals surface area contributed by atoms with Crippen LogP contribution in [0, 0.1) is 6.92 Å². The van der Waals surface area contributed by atoms with Crippen molar-refractivity contribution in [3.63, 3.8) is 0 Å². The van der Waals surface area contributed by atoms with Crippen LogP contribution in [0.2, 0.25) is 0 Å². The summed E-state index contributed by atoms with van der Waals surface area (Å²) in [5.41, 5.74) is 2.85. The van der Waals surface area contributed by atoms with Crippen LogP contribution in [0.5, 0.6) is 0 Å². The van der Waals surface area contributed by atoms with E-state index < -0.39 is 6.10 Å². The molecule has 1 atom stereocenters. The van der Waals surface area contributed by atoms with Crippen molar-refractivity contribution in [1.82, 2.24) is 15.0 Å². The number of nitrogens with zero attached hydrogens (tertiary/aromatic N) is 3. The predicted molar refractivity (Wildman–Crippen MR) is 89.1 cm³/mol. The Labute approximate surface area is 140 Å². The lowest BCUT2D eigenvalue weighted by molar-refractivity contribution is 0.110. The zero-order chi connectivity index (χ0) is 16.9. The number of hydrogen-bond acceptors (Lipinski definition) is 6. The van der Waals surface area contributed by atoms with Crippen molar-refractivity contribution in [1.29, 1.82) is 0 Å². The van der Waals surface area contributed by atoms with E-state index >= 15 is 0 Å². The van der Waals surface area contributed by atoms with Gasteiger partial charge < -0.3 is 14.0 Å². The molecule has 0 bridgehead atoms. The Morgan fingerprint density at radius 1 is 1.21 bits per heavy atom. The molecule has 3 rings (SSSR count). The molecule has 24 heavy (non-hydrogen) atoms. The summed E-state index contributed by atoms with van der Waals surface area (Å²) in [7, 11) is 0. The topological polar surface area (TPSA) is 75.5 Å². The maximum absolute atomic E-state index is 10.4. The molecule has 0 saturated carbocycles. The van der Waals surface area contributed by atoms with Gasteiger partial charge in [0.25, 0.3) is 5.89 Å². The summed E-state index contributed by atoms with van der Waals surface area (Å²) >= 11 is 0. The van der Waals surface area contributed by atoms with Gasteiger partial charge >= 0.3 is 0 Å². The lowest BCUT2D eigenvalue weighted by Crippen LogP contribution is -2.28. The molecule has 1 unspecified atom stereocenters.